The molecular formula is C2H6OSn. The summed E-state index contributed by atoms with van der Waals surface area (Å²) in [6.07, 6.45) is 0. The predicted octanol–water partition coefficient (Wildman–Crippen LogP) is -0.794. The Morgan fingerprint density at radius 2 is 2.25 bits per heavy atom. The second-order valence-corrected chi connectivity index (χ2v) is 3.16. The van der Waals surface area contributed by atoms with E-state index in [1.165, 1.54) is 0 Å². The van der Waals surface area contributed by atoms with E-state index in [0.29, 0.717) is 0 Å². The molecule has 4 heavy (non-hydrogen) atoms. The fourth-order valence-corrected chi connectivity index (χ4v) is 0. The minimum atomic E-state index is -1.27. The monoisotopic (exact) mass is 166 g/mol. The van der Waals surface area contributed by atoms with Crippen molar-refractivity contribution in [1.29, 1.82) is 0 Å². The van der Waals surface area contributed by atoms with Crippen LogP contribution in [0.4, 0.5) is 0 Å². The van der Waals surface area contributed by atoms with E-state index < -0.39 is 21.6 Å². The van der Waals surface area contributed by atoms with Crippen LogP contribution in [0.5, 0.6) is 0 Å². The van der Waals surface area contributed by atoms with Crippen molar-refractivity contribution in [2.24, 2.45) is 0 Å². The topological polar surface area (TPSA) is 20.2 Å². The Hall–Kier alpha value is 0.499. The van der Waals surface area contributed by atoms with E-state index in [2.05, 4.69) is 6.58 Å². The molecule has 0 amide bonds. The van der Waals surface area contributed by atoms with Gasteiger partial charge in [0, 0.05) is 0 Å². The number of rotatable bonds is 1. The zero-order chi connectivity index (χ0) is 3.41. The number of hydrogen-bond donors (Lipinski definition) is 1. The van der Waals surface area contributed by atoms with E-state index in [1.54, 1.807) is 4.09 Å². The molecule has 24 valence electrons. The molecule has 0 heterocycles. The molecule has 1 N–H and O–H groups in total. The van der Waals surface area contributed by atoms with E-state index in [-0.39, 0.29) is 0 Å². The number of hydrogen-bond acceptors (Lipinski definition) is 1. The summed E-state index contributed by atoms with van der Waals surface area (Å²) in [5.41, 5.74) is 0. The second kappa shape index (κ2) is 3.50. The van der Waals surface area contributed by atoms with E-state index in [4.69, 9.17) is 3.44 Å². The van der Waals surface area contributed by atoms with E-state index in [9.17, 15) is 0 Å². The molecule has 0 unspecified atom stereocenters. The Morgan fingerprint density at radius 3 is 2.25 bits per heavy atom. The average Bonchev–Trinajstić information content (AvgIpc) is 1.37. The SMILES string of the molecule is C=[CH][SnH2][OH]. The van der Waals surface area contributed by atoms with Crippen LogP contribution in [-0.2, 0) is 0 Å². The Morgan fingerprint density at radius 1 is 2.00 bits per heavy atom. The Labute approximate surface area is 36.1 Å². The normalized spacial score (nSPS) is 9.25. The predicted molar refractivity (Wildman–Crippen MR) is 21.0 cm³/mol. The molecule has 2 heteroatoms. The van der Waals surface area contributed by atoms with Gasteiger partial charge >= 0.3 is 35.7 Å². The summed E-state index contributed by atoms with van der Waals surface area (Å²) in [6, 6.07) is 0. The molecule has 0 fully saturated rings. The molecule has 0 bridgehead atoms. The molecule has 0 aromatic rings. The standard InChI is InChI=1S/C2H3.H2O.Sn.2H/c1-2;;;;/h1H,2H2;1H2;;;/q;;+1;;/p-1. The van der Waals surface area contributed by atoms with Gasteiger partial charge in [-0.1, -0.05) is 0 Å². The third kappa shape index (κ3) is 2.50. The second-order valence-electron chi connectivity index (χ2n) is 0.471. The van der Waals surface area contributed by atoms with Gasteiger partial charge in [0.1, 0.15) is 0 Å². The summed E-state index contributed by atoms with van der Waals surface area (Å²) in [6.45, 7) is 3.32. The van der Waals surface area contributed by atoms with Crippen LogP contribution < -0.4 is 0 Å². The van der Waals surface area contributed by atoms with Gasteiger partial charge in [-0.2, -0.15) is 0 Å². The molecule has 0 aliphatic carbocycles. The maximum absolute atomic E-state index is 7.97. The molecule has 0 saturated carbocycles. The molecule has 1 nitrogen and oxygen atoms in total. The van der Waals surface area contributed by atoms with Gasteiger partial charge in [-0.3, -0.25) is 0 Å². The quantitative estimate of drug-likeness (QED) is 0.504. The molecular weight excluding hydrogens is 159 g/mol. The third-order valence-electron chi connectivity index (χ3n) is 0.129. The fourth-order valence-electron chi connectivity index (χ4n) is 0. The van der Waals surface area contributed by atoms with Gasteiger partial charge < -0.3 is 0 Å². The Kier molecular flexibility index (Phi) is 3.93. The van der Waals surface area contributed by atoms with Gasteiger partial charge in [0.25, 0.3) is 0 Å². The van der Waals surface area contributed by atoms with Crippen molar-refractivity contribution in [1.82, 2.24) is 0 Å². The van der Waals surface area contributed by atoms with Gasteiger partial charge in [-0.05, 0) is 0 Å². The average molecular weight is 165 g/mol. The first-order valence-electron chi connectivity index (χ1n) is 1.13. The van der Waals surface area contributed by atoms with Crippen molar-refractivity contribution >= 4 is 21.6 Å². The summed E-state index contributed by atoms with van der Waals surface area (Å²) in [5, 5.41) is 0. The fraction of sp³-hybridized carbons (Fsp3) is 0. The molecule has 0 spiro atoms. The first kappa shape index (κ1) is 4.50. The van der Waals surface area contributed by atoms with Crippen LogP contribution in [0.1, 0.15) is 0 Å². The first-order chi connectivity index (χ1) is 1.91. The maximum atomic E-state index is 7.97. The van der Waals surface area contributed by atoms with Crippen molar-refractivity contribution in [2.75, 3.05) is 0 Å². The van der Waals surface area contributed by atoms with Gasteiger partial charge in [0.05, 0.1) is 0 Å². The van der Waals surface area contributed by atoms with Crippen molar-refractivity contribution in [3.8, 4) is 0 Å². The van der Waals surface area contributed by atoms with Gasteiger partial charge in [-0.25, -0.2) is 0 Å². The third-order valence-corrected chi connectivity index (χ3v) is 0.866. The molecule has 0 aliphatic rings. The summed E-state index contributed by atoms with van der Waals surface area (Å²) < 4.78 is 9.61. The summed E-state index contributed by atoms with van der Waals surface area (Å²) >= 11 is -1.27. The van der Waals surface area contributed by atoms with Crippen molar-refractivity contribution < 1.29 is 3.44 Å². The summed E-state index contributed by atoms with van der Waals surface area (Å²) in [5.74, 6) is 0. The van der Waals surface area contributed by atoms with Crippen LogP contribution in [0.2, 0.25) is 0 Å². The van der Waals surface area contributed by atoms with Gasteiger partial charge in [-0.15, -0.1) is 0 Å². The molecule has 0 radical (unpaired) electrons. The van der Waals surface area contributed by atoms with Crippen LogP contribution in [0.3, 0.4) is 0 Å². The zero-order valence-corrected chi connectivity index (χ0v) is 6.48. The zero-order valence-electron chi connectivity index (χ0n) is 2.44. The van der Waals surface area contributed by atoms with E-state index in [1.807, 2.05) is 0 Å². The Balaban J connectivity index is 2.30. The molecule has 0 saturated heterocycles. The molecule has 0 aromatic heterocycles. The van der Waals surface area contributed by atoms with Gasteiger partial charge in [0.2, 0.25) is 0 Å². The Bertz CT molecular complexity index is 20.0. The molecule has 0 atom stereocenters. The molecule has 0 aromatic carbocycles. The van der Waals surface area contributed by atoms with Crippen LogP contribution in [-0.4, -0.2) is 25.0 Å². The van der Waals surface area contributed by atoms with Crippen LogP contribution >= 0.6 is 0 Å². The van der Waals surface area contributed by atoms with Crippen LogP contribution in [0.25, 0.3) is 0 Å². The molecule has 0 rings (SSSR count). The van der Waals surface area contributed by atoms with Gasteiger partial charge in [0.15, 0.2) is 0 Å². The summed E-state index contributed by atoms with van der Waals surface area (Å²) in [7, 11) is 0. The summed E-state index contributed by atoms with van der Waals surface area (Å²) in [4.78, 5) is 0. The van der Waals surface area contributed by atoms with Crippen molar-refractivity contribution in [2.45, 2.75) is 0 Å². The van der Waals surface area contributed by atoms with Crippen molar-refractivity contribution in [3.63, 3.8) is 0 Å². The van der Waals surface area contributed by atoms with E-state index >= 15 is 0 Å². The minimum absolute atomic E-state index is 1.27. The van der Waals surface area contributed by atoms with Crippen LogP contribution in [0, 0.1) is 0 Å². The first-order valence-corrected chi connectivity index (χ1v) is 5.27. The van der Waals surface area contributed by atoms with Crippen LogP contribution in [0.15, 0.2) is 10.7 Å². The van der Waals surface area contributed by atoms with Crippen molar-refractivity contribution in [3.05, 3.63) is 10.7 Å². The van der Waals surface area contributed by atoms with E-state index in [0.717, 1.165) is 0 Å². The molecule has 0 aliphatic heterocycles.